The molecule has 3 saturated heterocycles. The molecule has 9 rings (SSSR count). The molecule has 2 N–H and O–H groups in total. The van der Waals surface area contributed by atoms with E-state index in [2.05, 4.69) is 18.4 Å². The van der Waals surface area contributed by atoms with E-state index in [1.165, 1.54) is 13.8 Å². The van der Waals surface area contributed by atoms with Crippen LogP contribution in [0.25, 0.3) is 0 Å². The van der Waals surface area contributed by atoms with Crippen LogP contribution in [0.5, 0.6) is 0 Å². The fraction of sp³-hybridized carbons (Fsp3) is 0.828. The summed E-state index contributed by atoms with van der Waals surface area (Å²) in [4.78, 5) is 40.6. The van der Waals surface area contributed by atoms with Gasteiger partial charge in [0.25, 0.3) is 0 Å². The predicted octanol–water partition coefficient (Wildman–Crippen LogP) is 1.59. The lowest BCUT2D eigenvalue weighted by Gasteiger charge is -2.68. The predicted molar refractivity (Wildman–Crippen MR) is 132 cm³/mol. The van der Waals surface area contributed by atoms with Crippen LogP contribution >= 0.6 is 0 Å². The summed E-state index contributed by atoms with van der Waals surface area (Å²) in [6.07, 6.45) is -0.935. The molecule has 3 aliphatic heterocycles. The molecule has 0 aromatic rings. The maximum Gasteiger partial charge on any atom is 0.309 e. The van der Waals surface area contributed by atoms with Gasteiger partial charge in [-0.3, -0.25) is 19.3 Å². The Morgan fingerprint density at radius 3 is 2.47 bits per heavy atom. The number of hydrogen-bond donors (Lipinski definition) is 2. The summed E-state index contributed by atoms with van der Waals surface area (Å²) in [7, 11) is 0. The Kier molecular flexibility index (Phi) is 4.75. The molecular weight excluding hydrogens is 490 g/mol. The number of nitrogens with zero attached hydrogens (tertiary/aromatic N) is 1. The lowest BCUT2D eigenvalue weighted by molar-refractivity contribution is -0.288. The number of carbonyl (C=O) groups is 3. The molecule has 9 aliphatic rings. The van der Waals surface area contributed by atoms with Crippen molar-refractivity contribution in [3.63, 3.8) is 0 Å². The van der Waals surface area contributed by atoms with Crippen LogP contribution in [0, 0.1) is 39.9 Å². The molecule has 15 atom stereocenters. The van der Waals surface area contributed by atoms with Gasteiger partial charge in [0.05, 0.1) is 18.1 Å². The van der Waals surface area contributed by atoms with E-state index in [1.54, 1.807) is 0 Å². The first-order valence-electron chi connectivity index (χ1n) is 14.2. The number of aliphatic hydroxyl groups excluding tert-OH is 2. The Balaban J connectivity index is 1.43. The minimum atomic E-state index is -1.17. The largest absolute Gasteiger partial charge is 0.458 e. The van der Waals surface area contributed by atoms with Gasteiger partial charge in [0.2, 0.25) is 0 Å². The molecule has 38 heavy (non-hydrogen) atoms. The van der Waals surface area contributed by atoms with Gasteiger partial charge in [-0.05, 0) is 31.6 Å². The molecular formula is C29H39NO8. The van der Waals surface area contributed by atoms with Crippen molar-refractivity contribution >= 4 is 17.9 Å². The van der Waals surface area contributed by atoms with E-state index in [9.17, 15) is 24.6 Å². The summed E-state index contributed by atoms with van der Waals surface area (Å²) in [5.74, 6) is -2.29. The van der Waals surface area contributed by atoms with E-state index in [0.29, 0.717) is 32.2 Å². The van der Waals surface area contributed by atoms with Gasteiger partial charge in [-0.1, -0.05) is 32.9 Å². The van der Waals surface area contributed by atoms with Crippen LogP contribution in [0.1, 0.15) is 60.3 Å². The zero-order valence-electron chi connectivity index (χ0n) is 22.8. The molecule has 0 aromatic heterocycles. The Bertz CT molecular complexity index is 1170. The lowest BCUT2D eigenvalue weighted by Crippen LogP contribution is -2.77. The van der Waals surface area contributed by atoms with Crippen LogP contribution in [-0.4, -0.2) is 81.7 Å². The fourth-order valence-corrected chi connectivity index (χ4v) is 11.9. The fourth-order valence-electron chi connectivity index (χ4n) is 11.9. The van der Waals surface area contributed by atoms with E-state index in [0.717, 1.165) is 5.57 Å². The quantitative estimate of drug-likeness (QED) is 0.311. The third kappa shape index (κ3) is 2.34. The number of rotatable bonds is 5. The molecule has 3 heterocycles. The highest BCUT2D eigenvalue weighted by atomic mass is 16.6. The average molecular weight is 530 g/mol. The normalized spacial score (nSPS) is 56.7. The van der Waals surface area contributed by atoms with Crippen LogP contribution in [0.2, 0.25) is 0 Å². The Labute approximate surface area is 222 Å². The monoisotopic (exact) mass is 529 g/mol. The Hall–Kier alpha value is -1.97. The molecule has 9 nitrogen and oxygen atoms in total. The average Bonchev–Trinajstić information content (AvgIpc) is 3.25. The van der Waals surface area contributed by atoms with E-state index in [4.69, 9.17) is 14.2 Å². The van der Waals surface area contributed by atoms with Crippen LogP contribution in [-0.2, 0) is 28.6 Å². The summed E-state index contributed by atoms with van der Waals surface area (Å²) in [6.45, 7) is 13.5. The summed E-state index contributed by atoms with van der Waals surface area (Å²) in [6, 6.07) is -0.178. The topological polar surface area (TPSA) is 123 Å². The molecule has 6 saturated carbocycles. The molecule has 9 fully saturated rings. The maximum atomic E-state index is 13.1. The zero-order valence-corrected chi connectivity index (χ0v) is 22.8. The number of ether oxygens (including phenoxy) is 3. The molecule has 208 valence electrons. The van der Waals surface area contributed by atoms with Crippen molar-refractivity contribution in [2.45, 2.75) is 102 Å². The first-order valence-corrected chi connectivity index (χ1v) is 14.2. The molecule has 0 aromatic carbocycles. The van der Waals surface area contributed by atoms with Gasteiger partial charge in [0.1, 0.15) is 18.3 Å². The van der Waals surface area contributed by atoms with Crippen molar-refractivity contribution in [1.82, 2.24) is 4.90 Å². The maximum absolute atomic E-state index is 13.1. The minimum Gasteiger partial charge on any atom is -0.458 e. The smallest absolute Gasteiger partial charge is 0.309 e. The highest BCUT2D eigenvalue weighted by Crippen LogP contribution is 2.88. The number of fused-ring (bicyclic) bond motifs is 1. The highest BCUT2D eigenvalue weighted by Gasteiger charge is 2.97. The van der Waals surface area contributed by atoms with Crippen LogP contribution in [0.3, 0.4) is 0 Å². The van der Waals surface area contributed by atoms with Gasteiger partial charge in [0, 0.05) is 54.5 Å². The molecule has 0 amide bonds. The van der Waals surface area contributed by atoms with Gasteiger partial charge < -0.3 is 24.4 Å². The summed E-state index contributed by atoms with van der Waals surface area (Å²) >= 11 is 0. The molecule has 2 spiro atoms. The highest BCUT2D eigenvalue weighted by molar-refractivity contribution is 5.72. The van der Waals surface area contributed by atoms with Gasteiger partial charge >= 0.3 is 17.9 Å². The molecule has 1 unspecified atom stereocenters. The SMILES string of the molecule is C=C1C[C@@]23C[C@H]4[C@@H]5[C@@]6(C)CN4[C@H]4[C@]5(C[C@@H](OC(=O)[C@@H](C)CC)[C@H]6OC(C)=O)[C@@H]2[C@@H](O)[C@@H]1[C@H](O)[C@]43OC(C)=O. The van der Waals surface area contributed by atoms with Crippen LogP contribution in [0.15, 0.2) is 12.2 Å². The number of hydrogen-bond acceptors (Lipinski definition) is 9. The molecule has 6 aliphatic carbocycles. The Morgan fingerprint density at radius 1 is 1.13 bits per heavy atom. The van der Waals surface area contributed by atoms with Crippen molar-refractivity contribution in [3.05, 3.63) is 12.2 Å². The third-order valence-electron chi connectivity index (χ3n) is 12.3. The van der Waals surface area contributed by atoms with E-state index in [1.807, 2.05) is 13.8 Å². The summed E-state index contributed by atoms with van der Waals surface area (Å²) < 4.78 is 18.5. The van der Waals surface area contributed by atoms with Crippen molar-refractivity contribution in [2.24, 2.45) is 39.9 Å². The van der Waals surface area contributed by atoms with E-state index < -0.39 is 64.1 Å². The Morgan fingerprint density at radius 2 is 1.84 bits per heavy atom. The standard InChI is InChI=1S/C29H39NO8/c1-7-12(2)24(35)37-17-10-28-20-16-9-27-8-13(3)18(19(33)21(27)28)22(34)29(27,38-15(5)32)25(28)30(16)11-26(20,6)23(17)36-14(4)31/h12,16-23,25,33-34H,3,7-11H2,1-2,4-6H3/t12-,16-,17+,18+,19-,20+,21+,22-,23+,25-,26+,27+,28-,29-/m0/s1. The van der Waals surface area contributed by atoms with Crippen molar-refractivity contribution in [1.29, 1.82) is 0 Å². The molecule has 0 radical (unpaired) electrons. The van der Waals surface area contributed by atoms with Crippen molar-refractivity contribution in [3.8, 4) is 0 Å². The number of carbonyl (C=O) groups excluding carboxylic acids is 3. The second-order valence-corrected chi connectivity index (χ2v) is 13.8. The van der Waals surface area contributed by atoms with Gasteiger partial charge in [-0.15, -0.1) is 0 Å². The van der Waals surface area contributed by atoms with Gasteiger partial charge in [-0.25, -0.2) is 0 Å². The van der Waals surface area contributed by atoms with Gasteiger partial charge in [0.15, 0.2) is 5.60 Å². The second kappa shape index (κ2) is 7.21. The molecule has 9 bridgehead atoms. The lowest BCUT2D eigenvalue weighted by atomic mass is 9.38. The summed E-state index contributed by atoms with van der Waals surface area (Å²) in [5, 5.41) is 23.9. The minimum absolute atomic E-state index is 0.0328. The van der Waals surface area contributed by atoms with E-state index in [-0.39, 0.29) is 35.8 Å². The second-order valence-electron chi connectivity index (χ2n) is 13.8. The van der Waals surface area contributed by atoms with Crippen LogP contribution < -0.4 is 0 Å². The van der Waals surface area contributed by atoms with Crippen LogP contribution in [0.4, 0.5) is 0 Å². The summed E-state index contributed by atoms with van der Waals surface area (Å²) in [5.41, 5.74) is -2.08. The first kappa shape index (κ1) is 25.0. The van der Waals surface area contributed by atoms with E-state index >= 15 is 0 Å². The van der Waals surface area contributed by atoms with Gasteiger partial charge in [-0.2, -0.15) is 0 Å². The van der Waals surface area contributed by atoms with Crippen molar-refractivity contribution in [2.75, 3.05) is 6.54 Å². The van der Waals surface area contributed by atoms with Crippen molar-refractivity contribution < 1.29 is 38.8 Å². The molecule has 9 heteroatoms. The zero-order chi connectivity index (χ0) is 27.3. The first-order chi connectivity index (χ1) is 17.8. The third-order valence-corrected chi connectivity index (χ3v) is 12.3. The number of esters is 3. The number of piperidine rings is 2. The number of aliphatic hydroxyl groups is 2.